The molecule has 1 amide bonds. The van der Waals surface area contributed by atoms with Crippen LogP contribution in [0.5, 0.6) is 0 Å². The van der Waals surface area contributed by atoms with Crippen LogP contribution in [-0.2, 0) is 0 Å². The van der Waals surface area contributed by atoms with Crippen LogP contribution in [-0.4, -0.2) is 41.5 Å². The van der Waals surface area contributed by atoms with Gasteiger partial charge in [-0.15, -0.1) is 11.3 Å². The maximum atomic E-state index is 11.9. The number of nitrogens with zero attached hydrogens (tertiary/aromatic N) is 2. The van der Waals surface area contributed by atoms with Crippen molar-refractivity contribution in [3.05, 3.63) is 16.6 Å². The van der Waals surface area contributed by atoms with Crippen LogP contribution in [0.15, 0.2) is 11.7 Å². The Morgan fingerprint density at radius 2 is 2.64 bits per heavy atom. The molecule has 1 aromatic heterocycles. The number of nitrogens with one attached hydrogen (secondary N) is 1. The number of carbonyl (C=O) groups is 1. The first-order chi connectivity index (χ1) is 6.79. The van der Waals surface area contributed by atoms with Crippen LogP contribution in [0.4, 0.5) is 0 Å². The molecule has 1 saturated heterocycles. The molecule has 14 heavy (non-hydrogen) atoms. The molecule has 4 nitrogen and oxygen atoms in total. The molecule has 0 saturated carbocycles. The summed E-state index contributed by atoms with van der Waals surface area (Å²) < 4.78 is 0. The van der Waals surface area contributed by atoms with Gasteiger partial charge in [0.25, 0.3) is 5.91 Å². The Kier molecular flexibility index (Phi) is 2.79. The molecule has 0 aromatic carbocycles. The van der Waals surface area contributed by atoms with Gasteiger partial charge < -0.3 is 10.2 Å². The Morgan fingerprint density at radius 1 is 1.79 bits per heavy atom. The summed E-state index contributed by atoms with van der Waals surface area (Å²) >= 11 is 1.40. The molecule has 1 aliphatic heterocycles. The highest BCUT2D eigenvalue weighted by Crippen LogP contribution is 2.13. The maximum Gasteiger partial charge on any atom is 0.265 e. The highest BCUT2D eigenvalue weighted by Gasteiger charge is 2.24. The number of hydrogen-bond acceptors (Lipinski definition) is 4. The van der Waals surface area contributed by atoms with Crippen LogP contribution in [0.1, 0.15) is 16.6 Å². The van der Waals surface area contributed by atoms with E-state index in [-0.39, 0.29) is 11.9 Å². The van der Waals surface area contributed by atoms with E-state index in [4.69, 9.17) is 0 Å². The van der Waals surface area contributed by atoms with Gasteiger partial charge in [-0.2, -0.15) is 0 Å². The second-order valence-electron chi connectivity index (χ2n) is 3.42. The molecule has 0 unspecified atom stereocenters. The Hall–Kier alpha value is -0.940. The molecular formula is C9H13N3OS. The van der Waals surface area contributed by atoms with Gasteiger partial charge in [0.15, 0.2) is 0 Å². The van der Waals surface area contributed by atoms with Crippen LogP contribution in [0.3, 0.4) is 0 Å². The molecule has 0 aliphatic carbocycles. The number of amides is 1. The third-order valence-corrected chi connectivity index (χ3v) is 3.17. The van der Waals surface area contributed by atoms with Crippen molar-refractivity contribution in [2.45, 2.75) is 13.0 Å². The van der Waals surface area contributed by atoms with Crippen LogP contribution in [0.25, 0.3) is 0 Å². The molecule has 1 aliphatic rings. The third-order valence-electron chi connectivity index (χ3n) is 2.41. The predicted octanol–water partition coefficient (Wildman–Crippen LogP) is 0.577. The average molecular weight is 211 g/mol. The largest absolute Gasteiger partial charge is 0.333 e. The summed E-state index contributed by atoms with van der Waals surface area (Å²) in [6, 6.07) is 0.276. The second kappa shape index (κ2) is 4.06. The Labute approximate surface area is 86.9 Å². The number of piperazine rings is 1. The Balaban J connectivity index is 2.10. The summed E-state index contributed by atoms with van der Waals surface area (Å²) in [7, 11) is 0. The zero-order valence-corrected chi connectivity index (χ0v) is 8.88. The Morgan fingerprint density at radius 3 is 3.29 bits per heavy atom. The molecule has 0 spiro atoms. The topological polar surface area (TPSA) is 45.2 Å². The van der Waals surface area contributed by atoms with Crippen LogP contribution >= 0.6 is 11.3 Å². The monoisotopic (exact) mass is 211 g/mol. The van der Waals surface area contributed by atoms with Crippen molar-refractivity contribution < 1.29 is 4.79 Å². The van der Waals surface area contributed by atoms with E-state index >= 15 is 0 Å². The van der Waals surface area contributed by atoms with E-state index in [2.05, 4.69) is 17.2 Å². The lowest BCUT2D eigenvalue weighted by Crippen LogP contribution is -2.52. The smallest absolute Gasteiger partial charge is 0.265 e. The van der Waals surface area contributed by atoms with Crippen molar-refractivity contribution in [2.24, 2.45) is 0 Å². The highest BCUT2D eigenvalue weighted by molar-refractivity contribution is 7.11. The second-order valence-corrected chi connectivity index (χ2v) is 4.30. The van der Waals surface area contributed by atoms with Gasteiger partial charge in [-0.3, -0.25) is 9.78 Å². The first-order valence-corrected chi connectivity index (χ1v) is 5.57. The number of rotatable bonds is 1. The lowest BCUT2D eigenvalue weighted by Gasteiger charge is -2.33. The van der Waals surface area contributed by atoms with Crippen LogP contribution in [0.2, 0.25) is 0 Å². The summed E-state index contributed by atoms with van der Waals surface area (Å²) in [4.78, 5) is 18.5. The van der Waals surface area contributed by atoms with Gasteiger partial charge >= 0.3 is 0 Å². The van der Waals surface area contributed by atoms with Gasteiger partial charge in [0.1, 0.15) is 4.88 Å². The molecule has 5 heteroatoms. The van der Waals surface area contributed by atoms with Gasteiger partial charge in [-0.25, -0.2) is 0 Å². The lowest BCUT2D eigenvalue weighted by molar-refractivity contribution is 0.0660. The fraction of sp³-hybridized carbons (Fsp3) is 0.556. The minimum Gasteiger partial charge on any atom is -0.333 e. The Bertz CT molecular complexity index is 312. The summed E-state index contributed by atoms with van der Waals surface area (Å²) in [5, 5.41) is 3.26. The number of hydrogen-bond donors (Lipinski definition) is 1. The molecule has 2 rings (SSSR count). The van der Waals surface area contributed by atoms with E-state index in [1.165, 1.54) is 11.3 Å². The standard InChI is InChI=1S/C9H13N3OS/c1-7-4-10-2-3-12(7)9(13)8-5-11-6-14-8/h5-7,10H,2-4H2,1H3/t7-/m1/s1. The number of carbonyl (C=O) groups excluding carboxylic acids is 1. The molecular weight excluding hydrogens is 198 g/mol. The van der Waals surface area contributed by atoms with E-state index in [0.717, 1.165) is 24.5 Å². The van der Waals surface area contributed by atoms with Crippen molar-refractivity contribution in [3.8, 4) is 0 Å². The molecule has 1 atom stereocenters. The lowest BCUT2D eigenvalue weighted by atomic mass is 10.2. The van der Waals surface area contributed by atoms with E-state index in [1.54, 1.807) is 11.7 Å². The summed E-state index contributed by atoms with van der Waals surface area (Å²) in [6.45, 7) is 4.61. The number of aromatic nitrogens is 1. The van der Waals surface area contributed by atoms with E-state index < -0.39 is 0 Å². The minimum atomic E-state index is 0.113. The van der Waals surface area contributed by atoms with E-state index in [0.29, 0.717) is 0 Å². The quantitative estimate of drug-likeness (QED) is 0.739. The molecule has 1 N–H and O–H groups in total. The molecule has 2 heterocycles. The van der Waals surface area contributed by atoms with Gasteiger partial charge in [-0.1, -0.05) is 0 Å². The van der Waals surface area contributed by atoms with Gasteiger partial charge in [0.05, 0.1) is 11.7 Å². The summed E-state index contributed by atoms with van der Waals surface area (Å²) in [5.41, 5.74) is 1.69. The molecule has 76 valence electrons. The first-order valence-electron chi connectivity index (χ1n) is 4.69. The third kappa shape index (κ3) is 1.78. The van der Waals surface area contributed by atoms with Crippen molar-refractivity contribution in [3.63, 3.8) is 0 Å². The van der Waals surface area contributed by atoms with Crippen molar-refractivity contribution in [1.29, 1.82) is 0 Å². The van der Waals surface area contributed by atoms with Crippen molar-refractivity contribution >= 4 is 17.2 Å². The van der Waals surface area contributed by atoms with Crippen molar-refractivity contribution in [1.82, 2.24) is 15.2 Å². The SMILES string of the molecule is C[C@@H]1CNCCN1C(=O)c1cncs1. The summed E-state index contributed by atoms with van der Waals surface area (Å²) in [5.74, 6) is 0.113. The molecule has 1 fully saturated rings. The molecule has 0 radical (unpaired) electrons. The summed E-state index contributed by atoms with van der Waals surface area (Å²) in [6.07, 6.45) is 1.64. The molecule has 1 aromatic rings. The van der Waals surface area contributed by atoms with Gasteiger partial charge in [0.2, 0.25) is 0 Å². The normalized spacial score (nSPS) is 22.4. The molecule has 0 bridgehead atoms. The average Bonchev–Trinajstić information content (AvgIpc) is 2.70. The van der Waals surface area contributed by atoms with Crippen LogP contribution in [0, 0.1) is 0 Å². The maximum absolute atomic E-state index is 11.9. The van der Waals surface area contributed by atoms with Gasteiger partial charge in [-0.05, 0) is 6.92 Å². The number of thiazole rings is 1. The predicted molar refractivity (Wildman–Crippen MR) is 55.5 cm³/mol. The fourth-order valence-electron chi connectivity index (χ4n) is 1.61. The first kappa shape index (κ1) is 9.61. The van der Waals surface area contributed by atoms with Crippen LogP contribution < -0.4 is 5.32 Å². The minimum absolute atomic E-state index is 0.113. The van der Waals surface area contributed by atoms with Gasteiger partial charge in [0, 0.05) is 25.7 Å². The zero-order chi connectivity index (χ0) is 9.97. The zero-order valence-electron chi connectivity index (χ0n) is 8.06. The van der Waals surface area contributed by atoms with E-state index in [1.807, 2.05) is 4.90 Å². The highest BCUT2D eigenvalue weighted by atomic mass is 32.1. The fourth-order valence-corrected chi connectivity index (χ4v) is 2.18. The van der Waals surface area contributed by atoms with Crippen molar-refractivity contribution in [2.75, 3.05) is 19.6 Å². The van der Waals surface area contributed by atoms with E-state index in [9.17, 15) is 4.79 Å².